The molecule has 0 fully saturated rings. The van der Waals surface area contributed by atoms with Crippen LogP contribution in [0.25, 0.3) is 5.65 Å². The number of pyridine rings is 1. The first-order chi connectivity index (χ1) is 16.4. The number of aromatic nitrogens is 2. The van der Waals surface area contributed by atoms with E-state index in [2.05, 4.69) is 26.1 Å². The number of nitrogens with zero attached hydrogens (tertiary/aromatic N) is 3. The van der Waals surface area contributed by atoms with Gasteiger partial charge in [0.2, 0.25) is 0 Å². The van der Waals surface area contributed by atoms with Gasteiger partial charge in [0.1, 0.15) is 22.9 Å². The molecule has 34 heavy (non-hydrogen) atoms. The fourth-order valence-electron chi connectivity index (χ4n) is 3.23. The van der Waals surface area contributed by atoms with Gasteiger partial charge < -0.3 is 15.1 Å². The molecule has 3 aromatic heterocycles. The molecule has 10 nitrogen and oxygen atoms in total. The van der Waals surface area contributed by atoms with Crippen molar-refractivity contribution in [1.82, 2.24) is 20.1 Å². The number of nitrogens with one attached hydrogen (secondary N) is 3. The van der Waals surface area contributed by atoms with E-state index in [1.54, 1.807) is 41.8 Å². The van der Waals surface area contributed by atoms with Crippen LogP contribution >= 0.6 is 0 Å². The molecular formula is C24H22N6O4. The van der Waals surface area contributed by atoms with Gasteiger partial charge in [0.15, 0.2) is 0 Å². The van der Waals surface area contributed by atoms with E-state index in [-0.39, 0.29) is 6.54 Å². The van der Waals surface area contributed by atoms with E-state index in [0.29, 0.717) is 34.2 Å². The van der Waals surface area contributed by atoms with Crippen molar-refractivity contribution in [3.8, 4) is 0 Å². The number of hydrazone groups is 1. The predicted molar refractivity (Wildman–Crippen MR) is 125 cm³/mol. The quantitative estimate of drug-likeness (QED) is 0.232. The summed E-state index contributed by atoms with van der Waals surface area (Å²) in [6.45, 7) is 3.69. The highest BCUT2D eigenvalue weighted by Gasteiger charge is 2.16. The molecule has 0 atom stereocenters. The number of aryl methyl sites for hydroxylation is 2. The first-order valence-corrected chi connectivity index (χ1v) is 10.4. The van der Waals surface area contributed by atoms with Crippen LogP contribution < -0.4 is 16.1 Å². The van der Waals surface area contributed by atoms with E-state index in [9.17, 15) is 14.4 Å². The molecule has 0 aliphatic heterocycles. The van der Waals surface area contributed by atoms with Crippen LogP contribution in [0.2, 0.25) is 0 Å². The molecule has 3 amide bonds. The van der Waals surface area contributed by atoms with Crippen molar-refractivity contribution in [2.45, 2.75) is 20.4 Å². The maximum atomic E-state index is 12.5. The Morgan fingerprint density at radius 2 is 1.82 bits per heavy atom. The molecule has 0 radical (unpaired) electrons. The Balaban J connectivity index is 1.28. The Bertz CT molecular complexity index is 1380. The number of anilines is 1. The van der Waals surface area contributed by atoms with Gasteiger partial charge in [-0.05, 0) is 50.2 Å². The number of rotatable bonds is 6. The van der Waals surface area contributed by atoms with Crippen LogP contribution in [0.1, 0.15) is 33.3 Å². The number of fused-ring (bicyclic) bond motifs is 1. The van der Waals surface area contributed by atoms with Gasteiger partial charge in [0, 0.05) is 11.9 Å². The van der Waals surface area contributed by atoms with Gasteiger partial charge >= 0.3 is 11.8 Å². The summed E-state index contributed by atoms with van der Waals surface area (Å²) >= 11 is 0. The summed E-state index contributed by atoms with van der Waals surface area (Å²) in [6, 6.07) is 15.8. The third kappa shape index (κ3) is 5.18. The molecule has 0 aliphatic carbocycles. The predicted octanol–water partition coefficient (Wildman–Crippen LogP) is 2.56. The normalized spacial score (nSPS) is 11.0. The minimum atomic E-state index is -0.789. The summed E-state index contributed by atoms with van der Waals surface area (Å²) in [7, 11) is 0. The lowest BCUT2D eigenvalue weighted by atomic mass is 10.2. The van der Waals surface area contributed by atoms with Crippen LogP contribution in [0, 0.1) is 13.8 Å². The molecular weight excluding hydrogens is 436 g/mol. The largest absolute Gasteiger partial charge is 0.458 e. The second kappa shape index (κ2) is 9.82. The summed E-state index contributed by atoms with van der Waals surface area (Å²) in [4.78, 5) is 40.9. The lowest BCUT2D eigenvalue weighted by molar-refractivity contribution is -0.136. The highest BCUT2D eigenvalue weighted by atomic mass is 16.3. The van der Waals surface area contributed by atoms with Gasteiger partial charge in [-0.25, -0.2) is 10.4 Å². The lowest BCUT2D eigenvalue weighted by Crippen LogP contribution is -2.34. The summed E-state index contributed by atoms with van der Waals surface area (Å²) < 4.78 is 7.23. The molecule has 3 heterocycles. The minimum absolute atomic E-state index is 0.0152. The molecule has 0 aliphatic rings. The molecule has 4 rings (SSSR count). The number of furan rings is 1. The Morgan fingerprint density at radius 3 is 2.62 bits per heavy atom. The third-order valence-corrected chi connectivity index (χ3v) is 4.90. The monoisotopic (exact) mass is 458 g/mol. The van der Waals surface area contributed by atoms with E-state index < -0.39 is 17.7 Å². The average molecular weight is 458 g/mol. The molecule has 3 N–H and O–H groups in total. The van der Waals surface area contributed by atoms with Crippen LogP contribution in [-0.4, -0.2) is 33.3 Å². The molecule has 0 unspecified atom stereocenters. The second-order valence-electron chi connectivity index (χ2n) is 7.48. The average Bonchev–Trinajstić information content (AvgIpc) is 3.41. The van der Waals surface area contributed by atoms with Crippen molar-refractivity contribution in [1.29, 1.82) is 0 Å². The Morgan fingerprint density at radius 1 is 1.03 bits per heavy atom. The highest BCUT2D eigenvalue weighted by Crippen LogP contribution is 2.12. The Hall–Kier alpha value is -4.73. The van der Waals surface area contributed by atoms with E-state index >= 15 is 0 Å². The standard InChI is InChI=1S/C24H22N6O4/c1-15-6-8-17(9-7-15)28-24(33)23(32)25-13-18-10-11-19(34-18)14-26-29-22(31)21-16(2)27-20-5-3-4-12-30(20)21/h3-12,14H,13H2,1-2H3,(H,25,32)(H,28,33)(H,29,31). The number of imidazole rings is 1. The van der Waals surface area contributed by atoms with Gasteiger partial charge in [0.05, 0.1) is 18.5 Å². The number of hydrogen-bond donors (Lipinski definition) is 3. The van der Waals surface area contributed by atoms with Crippen molar-refractivity contribution >= 4 is 35.3 Å². The van der Waals surface area contributed by atoms with Gasteiger partial charge in [-0.3, -0.25) is 18.8 Å². The second-order valence-corrected chi connectivity index (χ2v) is 7.48. The summed E-state index contributed by atoms with van der Waals surface area (Å²) in [5.74, 6) is -1.19. The number of carbonyl (C=O) groups excluding carboxylic acids is 3. The molecule has 0 spiro atoms. The zero-order valence-electron chi connectivity index (χ0n) is 18.5. The number of carbonyl (C=O) groups is 3. The molecule has 1 aromatic carbocycles. The molecule has 0 saturated heterocycles. The maximum Gasteiger partial charge on any atom is 0.313 e. The van der Waals surface area contributed by atoms with Crippen LogP contribution in [0.15, 0.2) is 70.3 Å². The van der Waals surface area contributed by atoms with Crippen molar-refractivity contribution in [2.75, 3.05) is 5.32 Å². The molecule has 10 heteroatoms. The maximum absolute atomic E-state index is 12.5. The first kappa shape index (κ1) is 22.5. The van der Waals surface area contributed by atoms with Gasteiger partial charge in [-0.2, -0.15) is 5.10 Å². The number of amides is 3. The number of benzene rings is 1. The smallest absolute Gasteiger partial charge is 0.313 e. The van der Waals surface area contributed by atoms with Gasteiger partial charge in [-0.1, -0.05) is 23.8 Å². The molecule has 0 bridgehead atoms. The summed E-state index contributed by atoms with van der Waals surface area (Å²) in [5.41, 5.74) is 5.67. The topological polar surface area (TPSA) is 130 Å². The van der Waals surface area contributed by atoms with E-state index in [1.165, 1.54) is 6.21 Å². The lowest BCUT2D eigenvalue weighted by Gasteiger charge is -2.05. The summed E-state index contributed by atoms with van der Waals surface area (Å²) in [6.07, 6.45) is 3.09. The molecule has 4 aromatic rings. The fraction of sp³-hybridized carbons (Fsp3) is 0.125. The van der Waals surface area contributed by atoms with E-state index in [1.807, 2.05) is 37.3 Å². The summed E-state index contributed by atoms with van der Waals surface area (Å²) in [5, 5.41) is 8.94. The zero-order chi connectivity index (χ0) is 24.1. The first-order valence-electron chi connectivity index (χ1n) is 10.4. The van der Waals surface area contributed by atoms with Crippen molar-refractivity contribution in [2.24, 2.45) is 5.10 Å². The third-order valence-electron chi connectivity index (χ3n) is 4.90. The zero-order valence-corrected chi connectivity index (χ0v) is 18.5. The molecule has 172 valence electrons. The van der Waals surface area contributed by atoms with Crippen molar-refractivity contribution in [3.05, 3.63) is 89.3 Å². The van der Waals surface area contributed by atoms with Crippen LogP contribution in [0.4, 0.5) is 5.69 Å². The fourth-order valence-corrected chi connectivity index (χ4v) is 3.23. The van der Waals surface area contributed by atoms with Crippen LogP contribution in [0.3, 0.4) is 0 Å². The Labute approximate surface area is 194 Å². The highest BCUT2D eigenvalue weighted by molar-refractivity contribution is 6.39. The van der Waals surface area contributed by atoms with Crippen LogP contribution in [-0.2, 0) is 16.1 Å². The van der Waals surface area contributed by atoms with Crippen molar-refractivity contribution in [3.63, 3.8) is 0 Å². The Kier molecular flexibility index (Phi) is 6.49. The van der Waals surface area contributed by atoms with Crippen molar-refractivity contribution < 1.29 is 18.8 Å². The van der Waals surface area contributed by atoms with Gasteiger partial charge in [-0.15, -0.1) is 0 Å². The van der Waals surface area contributed by atoms with Gasteiger partial charge in [0.25, 0.3) is 5.91 Å². The van der Waals surface area contributed by atoms with E-state index in [0.717, 1.165) is 5.56 Å². The number of hydrogen-bond acceptors (Lipinski definition) is 6. The minimum Gasteiger partial charge on any atom is -0.458 e. The SMILES string of the molecule is Cc1ccc(NC(=O)C(=O)NCc2ccc(C=NNC(=O)c3c(C)nc4ccccn34)o2)cc1. The van der Waals surface area contributed by atoms with E-state index in [4.69, 9.17) is 4.42 Å². The molecule has 0 saturated carbocycles. The van der Waals surface area contributed by atoms with Crippen LogP contribution in [0.5, 0.6) is 0 Å².